The Morgan fingerprint density at radius 2 is 1.71 bits per heavy atom. The highest BCUT2D eigenvalue weighted by molar-refractivity contribution is 6.32. The largest absolute Gasteiger partial charge is 0.508 e. The summed E-state index contributed by atoms with van der Waals surface area (Å²) < 4.78 is 0. The third kappa shape index (κ3) is 4.18. The van der Waals surface area contributed by atoms with Crippen LogP contribution in [0.25, 0.3) is 0 Å². The number of ketones is 4. The number of amides is 1. The molecule has 2 unspecified atom stereocenters. The van der Waals surface area contributed by atoms with Gasteiger partial charge in [-0.3, -0.25) is 28.9 Å². The van der Waals surface area contributed by atoms with Gasteiger partial charge in [0.15, 0.2) is 34.7 Å². The normalized spacial score (nSPS) is 28.4. The first kappa shape index (κ1) is 29.0. The predicted octanol–water partition coefficient (Wildman–Crippen LogP) is 0.0384. The fourth-order valence-electron chi connectivity index (χ4n) is 6.87. The number of fused-ring (bicyclic) bond motifs is 3. The van der Waals surface area contributed by atoms with Gasteiger partial charge in [-0.15, -0.1) is 0 Å². The van der Waals surface area contributed by atoms with Crippen molar-refractivity contribution in [2.75, 3.05) is 33.1 Å². The Morgan fingerprint density at radius 1 is 1.02 bits per heavy atom. The molecule has 2 aromatic rings. The van der Waals surface area contributed by atoms with Gasteiger partial charge in [0.25, 0.3) is 0 Å². The molecule has 5 rings (SSSR count). The highest BCUT2D eigenvalue weighted by Crippen LogP contribution is 2.52. The number of nitrogens with zero attached hydrogens (tertiary/aromatic N) is 2. The smallest absolute Gasteiger partial charge is 0.235 e. The number of hydrogen-bond donors (Lipinski definition) is 4. The van der Waals surface area contributed by atoms with E-state index in [0.717, 1.165) is 0 Å². The Hall–Kier alpha value is -4.53. The summed E-state index contributed by atoms with van der Waals surface area (Å²) in [5.41, 5.74) is 4.08. The van der Waals surface area contributed by atoms with E-state index in [1.54, 1.807) is 37.2 Å². The monoisotopic (exact) mass is 573 g/mol. The molecule has 0 radical (unpaired) electrons. The number of phenolic OH excluding ortho intramolecular Hbond substituents is 2. The van der Waals surface area contributed by atoms with Gasteiger partial charge in [-0.2, -0.15) is 0 Å². The van der Waals surface area contributed by atoms with Crippen LogP contribution in [0.4, 0.5) is 5.69 Å². The number of carbonyl (C=O) groups is 5. The molecular formula is C31H31N3O8. The number of carbonyl (C=O) groups excluding carboxylic acids is 5. The van der Waals surface area contributed by atoms with Crippen LogP contribution in [0.5, 0.6) is 11.5 Å². The molecule has 6 atom stereocenters. The summed E-state index contributed by atoms with van der Waals surface area (Å²) in [5, 5.41) is 32.8. The summed E-state index contributed by atoms with van der Waals surface area (Å²) in [6.45, 7) is 0. The first-order chi connectivity index (χ1) is 19.7. The van der Waals surface area contributed by atoms with E-state index >= 15 is 0 Å². The molecule has 0 heterocycles. The minimum atomic E-state index is -2.79. The third-order valence-electron chi connectivity index (χ3n) is 8.71. The minimum Gasteiger partial charge on any atom is -0.508 e. The summed E-state index contributed by atoms with van der Waals surface area (Å²) >= 11 is 0. The second-order valence-corrected chi connectivity index (χ2v) is 11.6. The van der Waals surface area contributed by atoms with Gasteiger partial charge in [-0.25, -0.2) is 0 Å². The zero-order valence-electron chi connectivity index (χ0n) is 23.5. The van der Waals surface area contributed by atoms with Crippen molar-refractivity contribution in [1.29, 1.82) is 0 Å². The van der Waals surface area contributed by atoms with Crippen molar-refractivity contribution in [2.24, 2.45) is 29.4 Å². The maximum Gasteiger partial charge on any atom is 0.235 e. The summed E-state index contributed by atoms with van der Waals surface area (Å²) in [7, 11) is 6.59. The molecular weight excluding hydrogens is 542 g/mol. The van der Waals surface area contributed by atoms with Gasteiger partial charge in [0, 0.05) is 31.3 Å². The Balaban J connectivity index is 1.65. The summed E-state index contributed by atoms with van der Waals surface area (Å²) in [5.74, 6) is -5.42. The van der Waals surface area contributed by atoms with Crippen molar-refractivity contribution in [3.05, 3.63) is 52.6 Å². The lowest BCUT2D eigenvalue weighted by molar-refractivity contribution is -0.181. The molecule has 0 spiro atoms. The van der Waals surface area contributed by atoms with E-state index in [1.807, 2.05) is 0 Å². The van der Waals surface area contributed by atoms with E-state index in [0.29, 0.717) is 16.8 Å². The molecule has 11 nitrogen and oxygen atoms in total. The van der Waals surface area contributed by atoms with Gasteiger partial charge in [0.2, 0.25) is 5.91 Å². The molecule has 0 aromatic heterocycles. The van der Waals surface area contributed by atoms with Crippen molar-refractivity contribution < 1.29 is 39.3 Å². The van der Waals surface area contributed by atoms with E-state index in [4.69, 9.17) is 5.73 Å². The van der Waals surface area contributed by atoms with E-state index < -0.39 is 70.1 Å². The lowest BCUT2D eigenvalue weighted by Gasteiger charge is -2.52. The number of primary amides is 1. The highest BCUT2D eigenvalue weighted by atomic mass is 16.3. The molecule has 0 saturated heterocycles. The number of nitrogens with two attached hydrogens (primary N) is 1. The fraction of sp³-hybridized carbons (Fsp3) is 0.387. The molecule has 2 aromatic carbocycles. The molecule has 1 amide bonds. The quantitative estimate of drug-likeness (QED) is 0.289. The van der Waals surface area contributed by atoms with E-state index in [9.17, 15) is 39.3 Å². The maximum absolute atomic E-state index is 14.1. The van der Waals surface area contributed by atoms with Crippen LogP contribution >= 0.6 is 0 Å². The number of benzene rings is 2. The maximum atomic E-state index is 14.1. The number of phenols is 2. The van der Waals surface area contributed by atoms with Crippen molar-refractivity contribution in [2.45, 2.75) is 24.5 Å². The van der Waals surface area contributed by atoms with Gasteiger partial charge in [-0.05, 0) is 62.7 Å². The average molecular weight is 574 g/mol. The van der Waals surface area contributed by atoms with Gasteiger partial charge in [0.05, 0.1) is 23.1 Å². The van der Waals surface area contributed by atoms with Gasteiger partial charge < -0.3 is 26.0 Å². The number of aromatic hydroxyl groups is 2. The van der Waals surface area contributed by atoms with Crippen LogP contribution in [0.2, 0.25) is 0 Å². The second kappa shape index (κ2) is 10.1. The molecule has 0 aliphatic heterocycles. The molecule has 0 bridgehead atoms. The summed E-state index contributed by atoms with van der Waals surface area (Å²) in [6, 6.07) is 6.66. The topological polar surface area (TPSA) is 179 Å². The zero-order chi connectivity index (χ0) is 30.8. The third-order valence-corrected chi connectivity index (χ3v) is 8.71. The Kier molecular flexibility index (Phi) is 6.95. The summed E-state index contributed by atoms with van der Waals surface area (Å²) in [6.07, 6.45) is 0.115. The van der Waals surface area contributed by atoms with Crippen LogP contribution in [0, 0.1) is 35.5 Å². The van der Waals surface area contributed by atoms with Crippen LogP contribution in [-0.2, 0) is 25.6 Å². The van der Waals surface area contributed by atoms with Crippen LogP contribution < -0.4 is 10.6 Å². The molecule has 3 aliphatic rings. The van der Waals surface area contributed by atoms with Crippen molar-refractivity contribution in [1.82, 2.24) is 4.90 Å². The number of aliphatic hydroxyl groups is 1. The minimum absolute atomic E-state index is 0.00718. The standard InChI is InChI=1S/C31H31N3O8/c1-33(2)20-13-15(9-8-14-6-5-7-17(35)10-14)25(36)22-18(20)11-16-12-19-24(34(3)4)27(38)23(30(32)41)29(40)31(19,42)28(39)21(16)26(22)37/h5-7,10,13,16,19,21,23-24,35-36,42H,11-12H2,1-4H3,(H2,32,41)/t16-,19-,21?,23?,24-,31-/m0/s1. The Labute approximate surface area is 241 Å². The average Bonchev–Trinajstić information content (AvgIpc) is 2.89. The lowest BCUT2D eigenvalue weighted by atomic mass is 9.52. The van der Waals surface area contributed by atoms with Crippen molar-refractivity contribution in [3.63, 3.8) is 0 Å². The predicted molar refractivity (Wildman–Crippen MR) is 150 cm³/mol. The molecule has 218 valence electrons. The molecule has 2 fully saturated rings. The van der Waals surface area contributed by atoms with Crippen LogP contribution in [0.15, 0.2) is 30.3 Å². The SMILES string of the molecule is CN(C)c1cc(C#Cc2cccc(O)c2)c(O)c2c1C[C@H]1C[C@H]3[C@H](N(C)C)C(=O)C(C(N)=O)C(=O)[C@@]3(O)C(=O)C1C2=O. The molecule has 42 heavy (non-hydrogen) atoms. The van der Waals surface area contributed by atoms with E-state index in [-0.39, 0.29) is 29.7 Å². The first-order valence-electron chi connectivity index (χ1n) is 13.4. The zero-order valence-corrected chi connectivity index (χ0v) is 23.5. The van der Waals surface area contributed by atoms with E-state index in [2.05, 4.69) is 11.8 Å². The molecule has 3 aliphatic carbocycles. The highest BCUT2D eigenvalue weighted by Gasteiger charge is 2.69. The number of hydrogen-bond acceptors (Lipinski definition) is 10. The first-order valence-corrected chi connectivity index (χ1v) is 13.4. The van der Waals surface area contributed by atoms with Crippen LogP contribution in [0.3, 0.4) is 0 Å². The number of Topliss-reactive ketones (excluding diaryl/α,β-unsaturated/α-hetero) is 4. The van der Waals surface area contributed by atoms with Gasteiger partial charge in [0.1, 0.15) is 11.5 Å². The Morgan fingerprint density at radius 3 is 2.31 bits per heavy atom. The number of likely N-dealkylation sites (N-methyl/N-ethyl adjacent to an activating group) is 1. The number of rotatable bonds is 3. The molecule has 5 N–H and O–H groups in total. The Bertz CT molecular complexity index is 1630. The van der Waals surface area contributed by atoms with Crippen molar-refractivity contribution >= 4 is 34.7 Å². The molecule has 11 heteroatoms. The second-order valence-electron chi connectivity index (χ2n) is 11.6. The van der Waals surface area contributed by atoms with Crippen molar-refractivity contribution in [3.8, 4) is 23.3 Å². The van der Waals surface area contributed by atoms with E-state index in [1.165, 1.54) is 31.1 Å². The van der Waals surface area contributed by atoms with Gasteiger partial charge in [-0.1, -0.05) is 17.9 Å². The molecule has 2 saturated carbocycles. The van der Waals surface area contributed by atoms with Crippen LogP contribution in [-0.4, -0.2) is 89.1 Å². The number of anilines is 1. The van der Waals surface area contributed by atoms with Crippen LogP contribution in [0.1, 0.15) is 33.5 Å². The lowest BCUT2D eigenvalue weighted by Crippen LogP contribution is -2.74. The fourth-order valence-corrected chi connectivity index (χ4v) is 6.87. The summed E-state index contributed by atoms with van der Waals surface area (Å²) in [4.78, 5) is 70.1. The van der Waals surface area contributed by atoms with Gasteiger partial charge >= 0.3 is 0 Å².